The SMILES string of the molecule is COc1cc([C@@H]2c3cn[nH]c3Nc3c2c(=O)oc2ccccc32)ccc1O. The highest BCUT2D eigenvalue weighted by molar-refractivity contribution is 5.95. The van der Waals surface area contributed by atoms with E-state index in [-0.39, 0.29) is 5.75 Å². The Morgan fingerprint density at radius 2 is 2.07 bits per heavy atom. The molecule has 3 heterocycles. The smallest absolute Gasteiger partial charge is 0.342 e. The maximum absolute atomic E-state index is 12.9. The number of anilines is 2. The van der Waals surface area contributed by atoms with E-state index >= 15 is 0 Å². The second-order valence-electron chi connectivity index (χ2n) is 6.36. The largest absolute Gasteiger partial charge is 0.504 e. The zero-order chi connectivity index (χ0) is 18.5. The van der Waals surface area contributed by atoms with Crippen molar-refractivity contribution in [2.45, 2.75) is 5.92 Å². The van der Waals surface area contributed by atoms with Gasteiger partial charge in [-0.2, -0.15) is 5.10 Å². The van der Waals surface area contributed by atoms with Crippen molar-refractivity contribution in [2.75, 3.05) is 12.4 Å². The molecule has 1 aliphatic rings. The molecule has 0 radical (unpaired) electrons. The van der Waals surface area contributed by atoms with Crippen LogP contribution in [0.4, 0.5) is 11.5 Å². The first-order valence-corrected chi connectivity index (χ1v) is 8.40. The molecular weight excluding hydrogens is 346 g/mol. The van der Waals surface area contributed by atoms with E-state index in [9.17, 15) is 9.90 Å². The number of nitrogens with zero attached hydrogens (tertiary/aromatic N) is 1. The van der Waals surface area contributed by atoms with Crippen molar-refractivity contribution < 1.29 is 14.3 Å². The third kappa shape index (κ3) is 2.21. The summed E-state index contributed by atoms with van der Waals surface area (Å²) in [5, 5.41) is 21.1. The predicted molar refractivity (Wildman–Crippen MR) is 100.0 cm³/mol. The number of hydrogen-bond donors (Lipinski definition) is 3. The number of aromatic hydroxyl groups is 1. The van der Waals surface area contributed by atoms with Gasteiger partial charge in [0.05, 0.1) is 24.6 Å². The fourth-order valence-electron chi connectivity index (χ4n) is 3.68. The molecule has 2 aromatic heterocycles. The Morgan fingerprint density at radius 1 is 1.22 bits per heavy atom. The van der Waals surface area contributed by atoms with Gasteiger partial charge in [0.2, 0.25) is 0 Å². The number of phenols is 1. The van der Waals surface area contributed by atoms with E-state index in [0.717, 1.165) is 22.3 Å². The number of para-hydroxylation sites is 1. The fraction of sp³-hybridized carbons (Fsp3) is 0.100. The summed E-state index contributed by atoms with van der Waals surface area (Å²) in [5.74, 6) is 0.678. The minimum Gasteiger partial charge on any atom is -0.504 e. The first-order valence-electron chi connectivity index (χ1n) is 8.40. The second kappa shape index (κ2) is 5.63. The van der Waals surface area contributed by atoms with E-state index in [4.69, 9.17) is 9.15 Å². The van der Waals surface area contributed by atoms with E-state index in [1.165, 1.54) is 7.11 Å². The van der Waals surface area contributed by atoms with E-state index in [1.54, 1.807) is 30.5 Å². The zero-order valence-corrected chi connectivity index (χ0v) is 14.3. The molecule has 1 atom stereocenters. The number of methoxy groups -OCH3 is 1. The number of phenolic OH excluding ortho intramolecular Hbond substituents is 1. The van der Waals surface area contributed by atoms with Crippen LogP contribution in [0.25, 0.3) is 11.0 Å². The molecule has 0 saturated carbocycles. The third-order valence-electron chi connectivity index (χ3n) is 4.90. The van der Waals surface area contributed by atoms with Gasteiger partial charge in [-0.1, -0.05) is 18.2 Å². The van der Waals surface area contributed by atoms with Crippen LogP contribution in [0.2, 0.25) is 0 Å². The molecule has 2 aromatic carbocycles. The van der Waals surface area contributed by atoms with Crippen molar-refractivity contribution in [3.8, 4) is 11.5 Å². The van der Waals surface area contributed by atoms with Gasteiger partial charge in [-0.25, -0.2) is 4.79 Å². The number of benzene rings is 2. The van der Waals surface area contributed by atoms with Gasteiger partial charge in [0.15, 0.2) is 11.5 Å². The maximum atomic E-state index is 12.9. The molecule has 3 N–H and O–H groups in total. The molecule has 7 heteroatoms. The quantitative estimate of drug-likeness (QED) is 0.416. The van der Waals surface area contributed by atoms with Crippen molar-refractivity contribution in [3.63, 3.8) is 0 Å². The monoisotopic (exact) mass is 361 g/mol. The van der Waals surface area contributed by atoms with Gasteiger partial charge in [0.25, 0.3) is 0 Å². The highest BCUT2D eigenvalue weighted by Gasteiger charge is 2.33. The summed E-state index contributed by atoms with van der Waals surface area (Å²) in [5.41, 5.74) is 2.89. The van der Waals surface area contributed by atoms with Crippen LogP contribution < -0.4 is 15.7 Å². The first kappa shape index (κ1) is 15.5. The Balaban J connectivity index is 1.84. The molecule has 4 aromatic rings. The van der Waals surface area contributed by atoms with E-state index < -0.39 is 11.5 Å². The van der Waals surface area contributed by atoms with E-state index in [0.29, 0.717) is 22.6 Å². The van der Waals surface area contributed by atoms with Crippen molar-refractivity contribution >= 4 is 22.5 Å². The lowest BCUT2D eigenvalue weighted by Gasteiger charge is -2.26. The molecular formula is C20H15N3O4. The zero-order valence-electron chi connectivity index (χ0n) is 14.3. The third-order valence-corrected chi connectivity index (χ3v) is 4.90. The van der Waals surface area contributed by atoms with Crippen molar-refractivity contribution in [3.05, 3.63) is 75.8 Å². The summed E-state index contributed by atoms with van der Waals surface area (Å²) in [6, 6.07) is 12.4. The van der Waals surface area contributed by atoms with Gasteiger partial charge < -0.3 is 19.6 Å². The highest BCUT2D eigenvalue weighted by Crippen LogP contribution is 2.46. The Labute approximate surface area is 153 Å². The molecule has 5 rings (SSSR count). The van der Waals surface area contributed by atoms with Crippen LogP contribution >= 0.6 is 0 Å². The molecule has 0 bridgehead atoms. The first-order chi connectivity index (χ1) is 13.2. The lowest BCUT2D eigenvalue weighted by molar-refractivity contribution is 0.373. The average Bonchev–Trinajstić information content (AvgIpc) is 3.15. The predicted octanol–water partition coefficient (Wildman–Crippen LogP) is 3.47. The minimum atomic E-state index is -0.417. The molecule has 0 fully saturated rings. The van der Waals surface area contributed by atoms with E-state index in [2.05, 4.69) is 15.5 Å². The summed E-state index contributed by atoms with van der Waals surface area (Å²) in [6.07, 6.45) is 1.68. The summed E-state index contributed by atoms with van der Waals surface area (Å²) in [4.78, 5) is 12.9. The Hall–Kier alpha value is -3.74. The number of H-pyrrole nitrogens is 1. The molecule has 0 amide bonds. The number of aromatic nitrogens is 2. The summed E-state index contributed by atoms with van der Waals surface area (Å²) in [6.45, 7) is 0. The van der Waals surface area contributed by atoms with Crippen molar-refractivity contribution in [1.29, 1.82) is 0 Å². The Kier molecular flexibility index (Phi) is 3.24. The van der Waals surface area contributed by atoms with Crippen LogP contribution in [0.5, 0.6) is 11.5 Å². The molecule has 0 spiro atoms. The molecule has 1 aliphatic heterocycles. The standard InChI is InChI=1S/C20H15N3O4/c1-26-15-8-10(6-7-13(15)24)16-12-9-21-23-19(12)22-18-11-4-2-3-5-14(11)27-20(25)17(16)18/h2-9,16,24H,1H3,(H2,21,22,23)/t16-/m1/s1. The highest BCUT2D eigenvalue weighted by atomic mass is 16.5. The van der Waals surface area contributed by atoms with E-state index in [1.807, 2.05) is 18.2 Å². The number of fused-ring (bicyclic) bond motifs is 4. The lowest BCUT2D eigenvalue weighted by atomic mass is 9.83. The summed E-state index contributed by atoms with van der Waals surface area (Å²) >= 11 is 0. The molecule has 27 heavy (non-hydrogen) atoms. The molecule has 134 valence electrons. The summed E-state index contributed by atoms with van der Waals surface area (Å²) in [7, 11) is 1.49. The van der Waals surface area contributed by atoms with Crippen LogP contribution in [0.15, 0.2) is 57.9 Å². The number of nitrogens with one attached hydrogen (secondary N) is 2. The summed E-state index contributed by atoms with van der Waals surface area (Å²) < 4.78 is 10.8. The number of hydrogen-bond acceptors (Lipinski definition) is 6. The van der Waals surface area contributed by atoms with Crippen LogP contribution in [-0.2, 0) is 0 Å². The van der Waals surface area contributed by atoms with Crippen LogP contribution in [0.3, 0.4) is 0 Å². The molecule has 7 nitrogen and oxygen atoms in total. The maximum Gasteiger partial charge on any atom is 0.342 e. The number of aromatic amines is 1. The van der Waals surface area contributed by atoms with Gasteiger partial charge >= 0.3 is 5.63 Å². The minimum absolute atomic E-state index is 0.0355. The van der Waals surface area contributed by atoms with Crippen molar-refractivity contribution in [2.24, 2.45) is 0 Å². The van der Waals surface area contributed by atoms with Gasteiger partial charge in [-0.15, -0.1) is 0 Å². The van der Waals surface area contributed by atoms with Crippen LogP contribution in [0, 0.1) is 0 Å². The van der Waals surface area contributed by atoms with Crippen molar-refractivity contribution in [1.82, 2.24) is 10.2 Å². The Morgan fingerprint density at radius 3 is 2.93 bits per heavy atom. The van der Waals surface area contributed by atoms with Gasteiger partial charge in [0.1, 0.15) is 11.4 Å². The number of rotatable bonds is 2. The fourth-order valence-corrected chi connectivity index (χ4v) is 3.68. The number of ether oxygens (including phenoxy) is 1. The van der Waals surface area contributed by atoms with Gasteiger partial charge in [-0.3, -0.25) is 5.10 Å². The normalized spacial score (nSPS) is 15.1. The van der Waals surface area contributed by atoms with Crippen LogP contribution in [0.1, 0.15) is 22.6 Å². The topological polar surface area (TPSA) is 100 Å². The average molecular weight is 361 g/mol. The van der Waals surface area contributed by atoms with Crippen LogP contribution in [-0.4, -0.2) is 22.4 Å². The Bertz CT molecular complexity index is 1240. The molecule has 0 aliphatic carbocycles. The lowest BCUT2D eigenvalue weighted by Crippen LogP contribution is -2.22. The molecule has 0 unspecified atom stereocenters. The van der Waals surface area contributed by atoms with Gasteiger partial charge in [-0.05, 0) is 29.8 Å². The van der Waals surface area contributed by atoms with Gasteiger partial charge in [0, 0.05) is 16.9 Å². The second-order valence-corrected chi connectivity index (χ2v) is 6.36. The molecule has 0 saturated heterocycles.